The van der Waals surface area contributed by atoms with Crippen molar-refractivity contribution >= 4 is 17.3 Å². The van der Waals surface area contributed by atoms with Gasteiger partial charge in [-0.05, 0) is 61.2 Å². The molecule has 2 aromatic carbocycles. The zero-order chi connectivity index (χ0) is 19.3. The fraction of sp³-hybridized carbons (Fsp3) is 0.261. The largest absolute Gasteiger partial charge is 0.322 e. The zero-order valence-electron chi connectivity index (χ0n) is 15.6. The molecule has 0 spiro atoms. The number of nitrogens with zero attached hydrogens (tertiary/aromatic N) is 2. The summed E-state index contributed by atoms with van der Waals surface area (Å²) >= 11 is 0. The summed E-state index contributed by atoms with van der Waals surface area (Å²) in [6, 6.07) is 17.5. The van der Waals surface area contributed by atoms with Gasteiger partial charge in [-0.15, -0.1) is 0 Å². The predicted octanol–water partition coefficient (Wildman–Crippen LogP) is 3.39. The number of nitriles is 1. The van der Waals surface area contributed by atoms with Crippen LogP contribution in [0.25, 0.3) is 0 Å². The van der Waals surface area contributed by atoms with Gasteiger partial charge in [-0.1, -0.05) is 24.3 Å². The minimum Gasteiger partial charge on any atom is -0.322 e. The number of amides is 1. The molecule has 1 atom stereocenters. The second-order valence-electron chi connectivity index (χ2n) is 7.18. The van der Waals surface area contributed by atoms with Crippen molar-refractivity contribution in [1.29, 1.82) is 5.26 Å². The van der Waals surface area contributed by atoms with Gasteiger partial charge in [-0.3, -0.25) is 9.79 Å². The molecule has 5 heteroatoms. The molecule has 1 saturated heterocycles. The van der Waals surface area contributed by atoms with Crippen molar-refractivity contribution in [2.24, 2.45) is 4.99 Å². The average Bonchev–Trinajstić information content (AvgIpc) is 3.25. The van der Waals surface area contributed by atoms with Gasteiger partial charge in [0.2, 0.25) is 0 Å². The number of allylic oxidation sites excluding steroid dienone is 1. The molecule has 2 aliphatic heterocycles. The molecule has 0 saturated carbocycles. The Morgan fingerprint density at radius 2 is 2.07 bits per heavy atom. The fourth-order valence-corrected chi connectivity index (χ4v) is 3.67. The molecule has 0 aromatic heterocycles. The lowest BCUT2D eigenvalue weighted by molar-refractivity contribution is -0.112. The molecule has 28 heavy (non-hydrogen) atoms. The molecule has 2 heterocycles. The van der Waals surface area contributed by atoms with Crippen LogP contribution in [0.2, 0.25) is 0 Å². The van der Waals surface area contributed by atoms with E-state index in [0.717, 1.165) is 30.1 Å². The molecule has 1 fully saturated rings. The molecule has 2 aliphatic rings. The summed E-state index contributed by atoms with van der Waals surface area (Å²) in [7, 11) is 0. The van der Waals surface area contributed by atoms with E-state index in [1.807, 2.05) is 24.3 Å². The normalized spacial score (nSPS) is 18.8. The Hall–Kier alpha value is -3.23. The monoisotopic (exact) mass is 370 g/mol. The van der Waals surface area contributed by atoms with Crippen LogP contribution < -0.4 is 10.6 Å². The number of benzene rings is 2. The van der Waals surface area contributed by atoms with Crippen molar-refractivity contribution in [3.05, 3.63) is 76.9 Å². The number of nitrogens with one attached hydrogen (secondary N) is 2. The van der Waals surface area contributed by atoms with Crippen LogP contribution in [0.5, 0.6) is 0 Å². The molecule has 0 bridgehead atoms. The van der Waals surface area contributed by atoms with Gasteiger partial charge < -0.3 is 10.6 Å². The van der Waals surface area contributed by atoms with Crippen molar-refractivity contribution in [1.82, 2.24) is 5.32 Å². The quantitative estimate of drug-likeness (QED) is 0.866. The van der Waals surface area contributed by atoms with Crippen LogP contribution in [0.1, 0.15) is 35.4 Å². The van der Waals surface area contributed by atoms with Crippen LogP contribution in [-0.2, 0) is 4.79 Å². The number of carbonyl (C=O) groups is 1. The molecule has 2 aromatic rings. The molecule has 2 N–H and O–H groups in total. The lowest BCUT2D eigenvalue weighted by atomic mass is 9.91. The first-order chi connectivity index (χ1) is 13.7. The number of anilines is 1. The zero-order valence-corrected chi connectivity index (χ0v) is 15.6. The molecule has 140 valence electrons. The van der Waals surface area contributed by atoms with Gasteiger partial charge in [0.15, 0.2) is 0 Å². The third kappa shape index (κ3) is 4.03. The first kappa shape index (κ1) is 18.1. The van der Waals surface area contributed by atoms with E-state index in [1.54, 1.807) is 18.2 Å². The highest BCUT2D eigenvalue weighted by Gasteiger charge is 2.18. The van der Waals surface area contributed by atoms with Crippen LogP contribution in [0, 0.1) is 11.3 Å². The highest BCUT2D eigenvalue weighted by Crippen LogP contribution is 2.24. The number of carbonyl (C=O) groups excluding carboxylic acids is 1. The van der Waals surface area contributed by atoms with E-state index >= 15 is 0 Å². The minimum absolute atomic E-state index is 0.137. The average molecular weight is 370 g/mol. The third-order valence-electron chi connectivity index (χ3n) is 5.25. The number of hydrogen-bond acceptors (Lipinski definition) is 4. The van der Waals surface area contributed by atoms with Gasteiger partial charge in [0.25, 0.3) is 5.91 Å². The lowest BCUT2D eigenvalue weighted by Crippen LogP contribution is -2.28. The van der Waals surface area contributed by atoms with Crippen molar-refractivity contribution in [2.45, 2.75) is 18.8 Å². The van der Waals surface area contributed by atoms with E-state index in [1.165, 1.54) is 18.4 Å². The summed E-state index contributed by atoms with van der Waals surface area (Å²) in [6.07, 6.45) is 4.21. The van der Waals surface area contributed by atoms with Crippen molar-refractivity contribution in [3.8, 4) is 6.07 Å². The molecule has 0 aliphatic carbocycles. The summed E-state index contributed by atoms with van der Waals surface area (Å²) in [5.74, 6) is 0.415. The van der Waals surface area contributed by atoms with Crippen molar-refractivity contribution < 1.29 is 4.79 Å². The SMILES string of the molecule is N#Cc1cccc(C2=NCC(C(=O)Nc3ccc([C@@H]4CCCNC4)cc3)=C2)c1. The Bertz CT molecular complexity index is 976. The molecular formula is C23H22N4O. The van der Waals surface area contributed by atoms with Gasteiger partial charge in [0.1, 0.15) is 0 Å². The standard InChI is InChI=1S/C23H22N4O/c24-13-16-3-1-4-18(11-16)22-12-20(15-26-22)23(28)27-21-8-6-17(7-9-21)19-5-2-10-25-14-19/h1,3-4,6-9,11-12,19,25H,2,5,10,14-15H2,(H,27,28)/t19-/m1/s1. The van der Waals surface area contributed by atoms with Crippen LogP contribution in [0.3, 0.4) is 0 Å². The van der Waals surface area contributed by atoms with Gasteiger partial charge in [-0.2, -0.15) is 5.26 Å². The Labute approximate surface area is 164 Å². The van der Waals surface area contributed by atoms with Gasteiger partial charge in [0, 0.05) is 23.4 Å². The first-order valence-electron chi connectivity index (χ1n) is 9.60. The van der Waals surface area contributed by atoms with E-state index in [9.17, 15) is 4.79 Å². The lowest BCUT2D eigenvalue weighted by Gasteiger charge is -2.23. The maximum absolute atomic E-state index is 12.6. The highest BCUT2D eigenvalue weighted by atomic mass is 16.1. The summed E-state index contributed by atoms with van der Waals surface area (Å²) in [5, 5.41) is 15.4. The Balaban J connectivity index is 1.41. The molecule has 1 amide bonds. The Morgan fingerprint density at radius 3 is 2.82 bits per heavy atom. The highest BCUT2D eigenvalue weighted by molar-refractivity contribution is 6.17. The van der Waals surface area contributed by atoms with Gasteiger partial charge in [-0.25, -0.2) is 0 Å². The van der Waals surface area contributed by atoms with Crippen LogP contribution in [0.15, 0.2) is 65.2 Å². The minimum atomic E-state index is -0.137. The second-order valence-corrected chi connectivity index (χ2v) is 7.18. The Morgan fingerprint density at radius 1 is 1.21 bits per heavy atom. The summed E-state index contributed by atoms with van der Waals surface area (Å²) in [5.41, 5.74) is 4.90. The second kappa shape index (κ2) is 8.20. The third-order valence-corrected chi connectivity index (χ3v) is 5.25. The van der Waals surface area contributed by atoms with Gasteiger partial charge >= 0.3 is 0 Å². The van der Waals surface area contributed by atoms with Crippen LogP contribution >= 0.6 is 0 Å². The molecular weight excluding hydrogens is 348 g/mol. The predicted molar refractivity (Wildman–Crippen MR) is 111 cm³/mol. The number of piperidine rings is 1. The molecule has 0 radical (unpaired) electrons. The van der Waals surface area contributed by atoms with E-state index in [2.05, 4.69) is 33.8 Å². The molecule has 0 unspecified atom stereocenters. The van der Waals surface area contributed by atoms with Crippen molar-refractivity contribution in [3.63, 3.8) is 0 Å². The summed E-state index contributed by atoms with van der Waals surface area (Å²) in [4.78, 5) is 17.0. The Kier molecular flexibility index (Phi) is 5.31. The van der Waals surface area contributed by atoms with E-state index in [4.69, 9.17) is 5.26 Å². The maximum atomic E-state index is 12.6. The van der Waals surface area contributed by atoms with E-state index in [-0.39, 0.29) is 5.91 Å². The topological polar surface area (TPSA) is 77.3 Å². The fourth-order valence-electron chi connectivity index (χ4n) is 3.67. The maximum Gasteiger partial charge on any atom is 0.253 e. The smallest absolute Gasteiger partial charge is 0.253 e. The first-order valence-corrected chi connectivity index (χ1v) is 9.60. The van der Waals surface area contributed by atoms with Crippen LogP contribution in [-0.4, -0.2) is 31.3 Å². The number of hydrogen-bond donors (Lipinski definition) is 2. The van der Waals surface area contributed by atoms with Crippen molar-refractivity contribution in [2.75, 3.05) is 25.0 Å². The number of aliphatic imine (C=N–C) groups is 1. The van der Waals surface area contributed by atoms with E-state index < -0.39 is 0 Å². The molecule has 4 rings (SSSR count). The number of rotatable bonds is 4. The van der Waals surface area contributed by atoms with E-state index in [0.29, 0.717) is 23.6 Å². The molecule has 5 nitrogen and oxygen atoms in total. The summed E-state index contributed by atoms with van der Waals surface area (Å²) in [6.45, 7) is 2.47. The summed E-state index contributed by atoms with van der Waals surface area (Å²) < 4.78 is 0. The van der Waals surface area contributed by atoms with Crippen LogP contribution in [0.4, 0.5) is 5.69 Å². The van der Waals surface area contributed by atoms with Gasteiger partial charge in [0.05, 0.1) is 23.9 Å².